The molecule has 7 heteroatoms. The molecular formula is C14H18Cl2N2O2S. The molecule has 0 saturated heterocycles. The molecule has 4 nitrogen and oxygen atoms in total. The van der Waals surface area contributed by atoms with Crippen LogP contribution in [0.1, 0.15) is 37.7 Å². The molecule has 0 bridgehead atoms. The Morgan fingerprint density at radius 1 is 1.38 bits per heavy atom. The highest BCUT2D eigenvalue weighted by Gasteiger charge is 2.24. The fraction of sp³-hybridized carbons (Fsp3) is 0.500. The van der Waals surface area contributed by atoms with Crippen molar-refractivity contribution in [2.45, 2.75) is 45.1 Å². The second-order valence-electron chi connectivity index (χ2n) is 5.26. The van der Waals surface area contributed by atoms with Gasteiger partial charge in [0.2, 0.25) is 0 Å². The zero-order chi connectivity index (χ0) is 15.6. The summed E-state index contributed by atoms with van der Waals surface area (Å²) in [6.45, 7) is 1.70. The first-order valence-electron chi connectivity index (χ1n) is 6.88. The molecule has 0 aliphatic heterocycles. The minimum absolute atomic E-state index is 0.112. The predicted molar refractivity (Wildman–Crippen MR) is 89.6 cm³/mol. The van der Waals surface area contributed by atoms with Crippen LogP contribution in [0.25, 0.3) is 0 Å². The summed E-state index contributed by atoms with van der Waals surface area (Å²) < 4.78 is 1.39. The van der Waals surface area contributed by atoms with Crippen molar-refractivity contribution in [3.05, 3.63) is 21.7 Å². The molecule has 1 saturated carbocycles. The zero-order valence-corrected chi connectivity index (χ0v) is 14.1. The van der Waals surface area contributed by atoms with Crippen molar-refractivity contribution in [2.75, 3.05) is 5.32 Å². The molecule has 21 heavy (non-hydrogen) atoms. The lowest BCUT2D eigenvalue weighted by Crippen LogP contribution is -2.37. The van der Waals surface area contributed by atoms with Crippen molar-refractivity contribution in [3.8, 4) is 5.75 Å². The second kappa shape index (κ2) is 6.99. The number of anilines is 1. The van der Waals surface area contributed by atoms with Gasteiger partial charge in [0.05, 0.1) is 10.7 Å². The number of hydrogen-bond acceptors (Lipinski definition) is 3. The van der Waals surface area contributed by atoms with Crippen molar-refractivity contribution >= 4 is 47.7 Å². The number of benzene rings is 1. The number of urea groups is 1. The predicted octanol–water partition coefficient (Wildman–Crippen LogP) is 5.02. The molecule has 0 atom stereocenters. The third-order valence-corrected chi connectivity index (χ3v) is 5.16. The van der Waals surface area contributed by atoms with Crippen molar-refractivity contribution in [1.82, 2.24) is 4.31 Å². The van der Waals surface area contributed by atoms with Crippen LogP contribution in [-0.4, -0.2) is 21.5 Å². The van der Waals surface area contributed by atoms with Crippen LogP contribution in [0, 0.1) is 6.92 Å². The summed E-state index contributed by atoms with van der Waals surface area (Å²) in [5, 5.41) is 13.1. The summed E-state index contributed by atoms with van der Waals surface area (Å²) in [4.78, 5) is 12.2. The van der Waals surface area contributed by atoms with E-state index in [0.29, 0.717) is 10.6 Å². The molecule has 0 spiro atoms. The van der Waals surface area contributed by atoms with Crippen LogP contribution in [-0.2, 0) is 0 Å². The highest BCUT2D eigenvalue weighted by Crippen LogP contribution is 2.39. The van der Waals surface area contributed by atoms with Gasteiger partial charge in [-0.15, -0.1) is 0 Å². The SMILES string of the molecule is Cc1c(Cl)cc(NC(=O)N(S)C2CCCCC2)c(O)c1Cl. The number of hydrogen-bond donors (Lipinski definition) is 3. The number of amides is 2. The first kappa shape index (κ1) is 16.6. The van der Waals surface area contributed by atoms with E-state index in [-0.39, 0.29) is 22.5 Å². The number of halogens is 2. The Morgan fingerprint density at radius 3 is 2.62 bits per heavy atom. The van der Waals surface area contributed by atoms with E-state index in [1.54, 1.807) is 6.92 Å². The minimum Gasteiger partial charge on any atom is -0.504 e. The first-order valence-corrected chi connectivity index (χ1v) is 8.04. The average molecular weight is 349 g/mol. The van der Waals surface area contributed by atoms with E-state index in [1.807, 2.05) is 0 Å². The number of phenols is 1. The number of rotatable bonds is 2. The summed E-state index contributed by atoms with van der Waals surface area (Å²) >= 11 is 16.3. The molecule has 116 valence electrons. The van der Waals surface area contributed by atoms with Crippen LogP contribution in [0.4, 0.5) is 10.5 Å². The van der Waals surface area contributed by atoms with Crippen molar-refractivity contribution in [1.29, 1.82) is 0 Å². The van der Waals surface area contributed by atoms with Gasteiger partial charge in [-0.25, -0.2) is 4.79 Å². The Kier molecular flexibility index (Phi) is 5.52. The maximum absolute atomic E-state index is 12.2. The Balaban J connectivity index is 2.12. The van der Waals surface area contributed by atoms with Crippen molar-refractivity contribution < 1.29 is 9.90 Å². The van der Waals surface area contributed by atoms with E-state index in [2.05, 4.69) is 18.1 Å². The summed E-state index contributed by atoms with van der Waals surface area (Å²) in [7, 11) is 0. The van der Waals surface area contributed by atoms with Gasteiger partial charge < -0.3 is 10.4 Å². The lowest BCUT2D eigenvalue weighted by atomic mass is 9.96. The van der Waals surface area contributed by atoms with Gasteiger partial charge in [-0.2, -0.15) is 0 Å². The number of carbonyl (C=O) groups excluding carboxylic acids is 1. The number of carbonyl (C=O) groups is 1. The van der Waals surface area contributed by atoms with Crippen molar-refractivity contribution in [2.24, 2.45) is 0 Å². The van der Waals surface area contributed by atoms with Gasteiger partial charge >= 0.3 is 6.03 Å². The number of nitrogens with zero attached hydrogens (tertiary/aromatic N) is 1. The third-order valence-electron chi connectivity index (χ3n) is 3.79. The normalized spacial score (nSPS) is 15.8. The Hall–Kier alpha value is -0.780. The van der Waals surface area contributed by atoms with E-state index < -0.39 is 6.03 Å². The monoisotopic (exact) mass is 348 g/mol. The van der Waals surface area contributed by atoms with Gasteiger partial charge in [-0.1, -0.05) is 55.3 Å². The average Bonchev–Trinajstić information content (AvgIpc) is 2.50. The van der Waals surface area contributed by atoms with Gasteiger partial charge in [-0.3, -0.25) is 4.31 Å². The molecule has 1 aliphatic rings. The molecule has 2 N–H and O–H groups in total. The van der Waals surface area contributed by atoms with Crippen LogP contribution < -0.4 is 5.32 Å². The summed E-state index contributed by atoms with van der Waals surface area (Å²) in [6, 6.07) is 1.20. The highest BCUT2D eigenvalue weighted by molar-refractivity contribution is 7.78. The van der Waals surface area contributed by atoms with Crippen LogP contribution in [0.5, 0.6) is 5.75 Å². The molecule has 1 aliphatic carbocycles. The van der Waals surface area contributed by atoms with Crippen LogP contribution >= 0.6 is 36.0 Å². The number of phenolic OH excluding ortho intramolecular Hbond substituents is 1. The van der Waals surface area contributed by atoms with Crippen LogP contribution in [0.15, 0.2) is 6.07 Å². The van der Waals surface area contributed by atoms with E-state index in [0.717, 1.165) is 25.7 Å². The minimum atomic E-state index is -0.392. The van der Waals surface area contributed by atoms with Gasteiger partial charge in [0.25, 0.3) is 0 Å². The summed E-state index contributed by atoms with van der Waals surface area (Å²) in [5.74, 6) is -0.183. The van der Waals surface area contributed by atoms with E-state index in [1.165, 1.54) is 16.8 Å². The molecule has 1 aromatic carbocycles. The van der Waals surface area contributed by atoms with Gasteiger partial charge in [0.15, 0.2) is 5.75 Å². The fourth-order valence-corrected chi connectivity index (χ4v) is 3.20. The van der Waals surface area contributed by atoms with Crippen molar-refractivity contribution in [3.63, 3.8) is 0 Å². The topological polar surface area (TPSA) is 52.6 Å². The number of aromatic hydroxyl groups is 1. The highest BCUT2D eigenvalue weighted by atomic mass is 35.5. The second-order valence-corrected chi connectivity index (χ2v) is 6.48. The molecule has 0 unspecified atom stereocenters. The fourth-order valence-electron chi connectivity index (χ4n) is 2.46. The molecule has 1 aromatic rings. The molecular weight excluding hydrogens is 331 g/mol. The smallest absolute Gasteiger partial charge is 0.332 e. The van der Waals surface area contributed by atoms with E-state index in [4.69, 9.17) is 23.2 Å². The maximum Gasteiger partial charge on any atom is 0.332 e. The standard InChI is InChI=1S/C14H18Cl2N2O2S/c1-8-10(15)7-11(13(19)12(8)16)17-14(20)18(21)9-5-3-2-4-6-9/h7,9,19,21H,2-6H2,1H3,(H,17,20). The maximum atomic E-state index is 12.2. The number of nitrogens with one attached hydrogen (secondary N) is 1. The lowest BCUT2D eigenvalue weighted by Gasteiger charge is -2.30. The molecule has 2 amide bonds. The molecule has 0 radical (unpaired) electrons. The van der Waals surface area contributed by atoms with Gasteiger partial charge in [-0.05, 0) is 31.4 Å². The first-order chi connectivity index (χ1) is 9.91. The van der Waals surface area contributed by atoms with Gasteiger partial charge in [0, 0.05) is 11.1 Å². The quantitative estimate of drug-likeness (QED) is 0.519. The van der Waals surface area contributed by atoms with Crippen LogP contribution in [0.3, 0.4) is 0 Å². The molecule has 1 fully saturated rings. The Labute approximate surface area is 140 Å². The summed E-state index contributed by atoms with van der Waals surface area (Å²) in [6.07, 6.45) is 5.28. The third kappa shape index (κ3) is 3.71. The lowest BCUT2D eigenvalue weighted by molar-refractivity contribution is 0.218. The zero-order valence-electron chi connectivity index (χ0n) is 11.7. The van der Waals surface area contributed by atoms with Crippen LogP contribution in [0.2, 0.25) is 10.0 Å². The largest absolute Gasteiger partial charge is 0.504 e. The Bertz CT molecular complexity index is 548. The molecule has 0 aromatic heterocycles. The molecule has 2 rings (SSSR count). The summed E-state index contributed by atoms with van der Waals surface area (Å²) in [5.41, 5.74) is 0.763. The van der Waals surface area contributed by atoms with E-state index >= 15 is 0 Å². The molecule has 0 heterocycles. The van der Waals surface area contributed by atoms with Gasteiger partial charge in [0.1, 0.15) is 0 Å². The Morgan fingerprint density at radius 2 is 2.00 bits per heavy atom. The number of thiol groups is 1. The van der Waals surface area contributed by atoms with E-state index in [9.17, 15) is 9.90 Å².